The first kappa shape index (κ1) is 17.8. The fraction of sp³-hybridized carbons (Fsp3) is 0.375. The Morgan fingerprint density at radius 3 is 2.87 bits per heavy atom. The zero-order valence-electron chi connectivity index (χ0n) is 12.9. The van der Waals surface area contributed by atoms with Gasteiger partial charge in [-0.25, -0.2) is 0 Å². The van der Waals surface area contributed by atoms with Crippen molar-refractivity contribution in [1.82, 2.24) is 20.4 Å². The number of hydrogen-bond donors (Lipinski definition) is 2. The van der Waals surface area contributed by atoms with Gasteiger partial charge in [-0.1, -0.05) is 23.7 Å². The molecule has 7 heteroatoms. The van der Waals surface area contributed by atoms with E-state index >= 15 is 0 Å². The third-order valence-electron chi connectivity index (χ3n) is 4.03. The Bertz CT molecular complexity index is 656. The van der Waals surface area contributed by atoms with Gasteiger partial charge in [0.1, 0.15) is 5.69 Å². The van der Waals surface area contributed by atoms with Crippen LogP contribution in [0.15, 0.2) is 30.3 Å². The largest absolute Gasteiger partial charge is 0.333 e. The second kappa shape index (κ2) is 7.81. The molecule has 1 saturated heterocycles. The average Bonchev–Trinajstić information content (AvgIpc) is 3.17. The molecule has 1 aliphatic rings. The topological polar surface area (TPSA) is 61.0 Å². The lowest BCUT2D eigenvalue weighted by Gasteiger charge is -2.23. The number of carbonyl (C=O) groups excluding carboxylic acids is 1. The Morgan fingerprint density at radius 2 is 2.17 bits per heavy atom. The van der Waals surface area contributed by atoms with Gasteiger partial charge in [0, 0.05) is 29.7 Å². The molecule has 2 N–H and O–H groups in total. The molecule has 3 rings (SSSR count). The molecule has 0 bridgehead atoms. The van der Waals surface area contributed by atoms with Gasteiger partial charge in [-0.05, 0) is 38.1 Å². The van der Waals surface area contributed by atoms with Crippen molar-refractivity contribution in [2.24, 2.45) is 0 Å². The quantitative estimate of drug-likeness (QED) is 0.887. The Balaban J connectivity index is 0.00000192. The maximum Gasteiger partial charge on any atom is 0.272 e. The highest BCUT2D eigenvalue weighted by atomic mass is 35.5. The number of likely N-dealkylation sites (N-methyl/N-ethyl adjacent to an activating group) is 1. The van der Waals surface area contributed by atoms with E-state index in [0.29, 0.717) is 10.7 Å². The summed E-state index contributed by atoms with van der Waals surface area (Å²) in [5.41, 5.74) is 2.23. The summed E-state index contributed by atoms with van der Waals surface area (Å²) in [5, 5.41) is 10.9. The van der Waals surface area contributed by atoms with Gasteiger partial charge in [-0.15, -0.1) is 12.4 Å². The van der Waals surface area contributed by atoms with Crippen molar-refractivity contribution in [3.63, 3.8) is 0 Å². The van der Waals surface area contributed by atoms with Gasteiger partial charge in [0.2, 0.25) is 0 Å². The predicted molar refractivity (Wildman–Crippen MR) is 94.3 cm³/mol. The molecule has 1 atom stereocenters. The highest BCUT2D eigenvalue weighted by molar-refractivity contribution is 6.30. The molecule has 2 aromatic rings. The van der Waals surface area contributed by atoms with Gasteiger partial charge in [-0.3, -0.25) is 9.89 Å². The minimum absolute atomic E-state index is 0. The van der Waals surface area contributed by atoms with Crippen LogP contribution in [0.5, 0.6) is 0 Å². The maximum atomic E-state index is 12.6. The molecule has 5 nitrogen and oxygen atoms in total. The number of aromatic nitrogens is 2. The van der Waals surface area contributed by atoms with Crippen LogP contribution in [0.4, 0.5) is 0 Å². The molecule has 0 saturated carbocycles. The molecule has 0 spiro atoms. The smallest absolute Gasteiger partial charge is 0.272 e. The number of nitrogens with zero attached hydrogens (tertiary/aromatic N) is 2. The highest BCUT2D eigenvalue weighted by Crippen LogP contribution is 2.23. The standard InChI is InChI=1S/C16H19ClN4O.ClH/c1-18-10-13-3-2-8-21(13)16(22)15-9-14(19-20-15)11-4-6-12(17)7-5-11;/h4-7,9,13,18H,2-3,8,10H2,1H3,(H,19,20);1H. The molecule has 1 fully saturated rings. The molecular formula is C16H20Cl2N4O. The van der Waals surface area contributed by atoms with Gasteiger partial charge in [0.25, 0.3) is 5.91 Å². The second-order valence-corrected chi connectivity index (χ2v) is 5.96. The number of carbonyl (C=O) groups is 1. The van der Waals surface area contributed by atoms with Crippen molar-refractivity contribution in [3.05, 3.63) is 41.0 Å². The summed E-state index contributed by atoms with van der Waals surface area (Å²) in [6.45, 7) is 1.63. The number of hydrogen-bond acceptors (Lipinski definition) is 3. The minimum atomic E-state index is 0. The molecule has 1 unspecified atom stereocenters. The average molecular weight is 355 g/mol. The number of aromatic amines is 1. The van der Waals surface area contributed by atoms with Crippen LogP contribution in [0.1, 0.15) is 23.3 Å². The molecule has 2 heterocycles. The molecule has 0 aliphatic carbocycles. The van der Waals surface area contributed by atoms with Crippen LogP contribution in [0.3, 0.4) is 0 Å². The van der Waals surface area contributed by atoms with Crippen LogP contribution in [-0.2, 0) is 0 Å². The number of nitrogens with one attached hydrogen (secondary N) is 2. The number of benzene rings is 1. The summed E-state index contributed by atoms with van der Waals surface area (Å²) in [6, 6.07) is 9.49. The summed E-state index contributed by atoms with van der Waals surface area (Å²) >= 11 is 5.89. The Kier molecular flexibility index (Phi) is 6.04. The zero-order chi connectivity index (χ0) is 15.5. The highest BCUT2D eigenvalue weighted by Gasteiger charge is 2.29. The number of H-pyrrole nitrogens is 1. The monoisotopic (exact) mass is 354 g/mol. The van der Waals surface area contributed by atoms with Crippen LogP contribution in [-0.4, -0.2) is 47.2 Å². The van der Waals surface area contributed by atoms with Crippen LogP contribution in [0.2, 0.25) is 5.02 Å². The minimum Gasteiger partial charge on any atom is -0.333 e. The lowest BCUT2D eigenvalue weighted by molar-refractivity contribution is 0.0731. The van der Waals surface area contributed by atoms with Crippen LogP contribution in [0.25, 0.3) is 11.3 Å². The first-order chi connectivity index (χ1) is 10.7. The summed E-state index contributed by atoms with van der Waals surface area (Å²) in [5.74, 6) is 0.0189. The van der Waals surface area contributed by atoms with E-state index in [1.165, 1.54) is 0 Å². The Labute approximate surface area is 146 Å². The van der Waals surface area contributed by atoms with E-state index in [2.05, 4.69) is 15.5 Å². The number of rotatable bonds is 4. The first-order valence-electron chi connectivity index (χ1n) is 7.46. The molecule has 1 aliphatic heterocycles. The fourth-order valence-electron chi connectivity index (χ4n) is 2.91. The predicted octanol–water partition coefficient (Wildman–Crippen LogP) is 2.98. The van der Waals surface area contributed by atoms with Gasteiger partial charge in [0.15, 0.2) is 0 Å². The number of halogens is 2. The Hall–Kier alpha value is -1.56. The van der Waals surface area contributed by atoms with Crippen molar-refractivity contribution < 1.29 is 4.79 Å². The van der Waals surface area contributed by atoms with Gasteiger partial charge in [0.05, 0.1) is 5.69 Å². The summed E-state index contributed by atoms with van der Waals surface area (Å²) in [7, 11) is 1.91. The van der Waals surface area contributed by atoms with Crippen molar-refractivity contribution in [2.45, 2.75) is 18.9 Å². The van der Waals surface area contributed by atoms with Crippen LogP contribution in [0, 0.1) is 0 Å². The summed E-state index contributed by atoms with van der Waals surface area (Å²) < 4.78 is 0. The van der Waals surface area contributed by atoms with Crippen molar-refractivity contribution >= 4 is 29.9 Å². The van der Waals surface area contributed by atoms with Gasteiger partial charge >= 0.3 is 0 Å². The third kappa shape index (κ3) is 3.86. The maximum absolute atomic E-state index is 12.6. The molecule has 1 aromatic carbocycles. The molecule has 1 amide bonds. The molecular weight excluding hydrogens is 335 g/mol. The fourth-order valence-corrected chi connectivity index (χ4v) is 3.03. The Morgan fingerprint density at radius 1 is 1.43 bits per heavy atom. The van der Waals surface area contributed by atoms with E-state index in [4.69, 9.17) is 11.6 Å². The lowest BCUT2D eigenvalue weighted by atomic mass is 10.1. The molecule has 23 heavy (non-hydrogen) atoms. The van der Waals surface area contributed by atoms with E-state index in [9.17, 15) is 4.79 Å². The number of likely N-dealkylation sites (tertiary alicyclic amines) is 1. The SMILES string of the molecule is CNCC1CCCN1C(=O)c1cc(-c2ccc(Cl)cc2)n[nH]1.Cl. The van der Waals surface area contributed by atoms with E-state index in [1.807, 2.05) is 36.2 Å². The van der Waals surface area contributed by atoms with Crippen molar-refractivity contribution in [1.29, 1.82) is 0 Å². The molecule has 0 radical (unpaired) electrons. The zero-order valence-corrected chi connectivity index (χ0v) is 14.5. The molecule has 124 valence electrons. The van der Waals surface area contributed by atoms with Crippen LogP contribution < -0.4 is 5.32 Å². The van der Waals surface area contributed by atoms with E-state index in [-0.39, 0.29) is 24.4 Å². The van der Waals surface area contributed by atoms with E-state index < -0.39 is 0 Å². The number of amides is 1. The summed E-state index contributed by atoms with van der Waals surface area (Å²) in [6.07, 6.45) is 2.10. The summed E-state index contributed by atoms with van der Waals surface area (Å²) in [4.78, 5) is 14.6. The first-order valence-corrected chi connectivity index (χ1v) is 7.84. The molecule has 1 aromatic heterocycles. The third-order valence-corrected chi connectivity index (χ3v) is 4.28. The van der Waals surface area contributed by atoms with Gasteiger partial charge < -0.3 is 10.2 Å². The van der Waals surface area contributed by atoms with Crippen molar-refractivity contribution in [2.75, 3.05) is 20.1 Å². The second-order valence-electron chi connectivity index (χ2n) is 5.53. The van der Waals surface area contributed by atoms with Crippen LogP contribution >= 0.6 is 24.0 Å². The lowest BCUT2D eigenvalue weighted by Crippen LogP contribution is -2.41. The van der Waals surface area contributed by atoms with E-state index in [1.54, 1.807) is 6.07 Å². The van der Waals surface area contributed by atoms with Crippen molar-refractivity contribution in [3.8, 4) is 11.3 Å². The van der Waals surface area contributed by atoms with Gasteiger partial charge in [-0.2, -0.15) is 5.10 Å². The normalized spacial score (nSPS) is 17.1. The van der Waals surface area contributed by atoms with E-state index in [0.717, 1.165) is 37.2 Å².